The highest BCUT2D eigenvalue weighted by atomic mass is 35.5. The average molecular weight is 268 g/mol. The van der Waals surface area contributed by atoms with E-state index in [4.69, 9.17) is 21.4 Å². The van der Waals surface area contributed by atoms with Gasteiger partial charge in [0.15, 0.2) is 5.82 Å². The smallest absolute Gasteiger partial charge is 0.339 e. The van der Waals surface area contributed by atoms with Crippen LogP contribution in [0.1, 0.15) is 16.2 Å². The minimum atomic E-state index is -1.09. The van der Waals surface area contributed by atoms with Gasteiger partial charge in [-0.15, -0.1) is 0 Å². The van der Waals surface area contributed by atoms with Crippen LogP contribution in [0.5, 0.6) is 5.75 Å². The molecule has 0 aliphatic carbocycles. The second kappa shape index (κ2) is 5.05. The topological polar surface area (TPSA) is 77.2 Å². The summed E-state index contributed by atoms with van der Waals surface area (Å²) in [5.41, 5.74) is 0.0182. The van der Waals surface area contributed by atoms with Crippen molar-refractivity contribution in [2.75, 3.05) is 0 Å². The van der Waals surface area contributed by atoms with E-state index in [2.05, 4.69) is 10.1 Å². The number of benzene rings is 1. The largest absolute Gasteiger partial charge is 0.485 e. The molecular formula is C11H10ClN3O3. The zero-order chi connectivity index (χ0) is 13.1. The number of rotatable bonds is 4. The monoisotopic (exact) mass is 267 g/mol. The first kappa shape index (κ1) is 12.4. The number of aromatic nitrogens is 3. The summed E-state index contributed by atoms with van der Waals surface area (Å²) in [6.45, 7) is 0.137. The molecule has 1 N–H and O–H groups in total. The summed E-state index contributed by atoms with van der Waals surface area (Å²) in [4.78, 5) is 15.0. The molecule has 94 valence electrons. The Hall–Kier alpha value is -2.08. The molecule has 18 heavy (non-hydrogen) atoms. The number of hydrogen-bond donors (Lipinski definition) is 1. The van der Waals surface area contributed by atoms with E-state index in [1.54, 1.807) is 17.8 Å². The summed E-state index contributed by atoms with van der Waals surface area (Å²) in [7, 11) is 1.73. The van der Waals surface area contributed by atoms with Crippen LogP contribution in [0.3, 0.4) is 0 Å². The first-order chi connectivity index (χ1) is 8.58. The number of carboxylic acid groups (broad SMARTS) is 1. The number of aromatic carboxylic acids is 1. The Morgan fingerprint density at radius 1 is 1.56 bits per heavy atom. The fourth-order valence-corrected chi connectivity index (χ4v) is 1.56. The Morgan fingerprint density at radius 2 is 2.33 bits per heavy atom. The highest BCUT2D eigenvalue weighted by Crippen LogP contribution is 2.23. The van der Waals surface area contributed by atoms with Crippen LogP contribution in [0.4, 0.5) is 0 Å². The van der Waals surface area contributed by atoms with Gasteiger partial charge in [0, 0.05) is 12.1 Å². The highest BCUT2D eigenvalue weighted by Gasteiger charge is 2.13. The zero-order valence-electron chi connectivity index (χ0n) is 9.50. The van der Waals surface area contributed by atoms with Gasteiger partial charge in [0.2, 0.25) is 0 Å². The maximum atomic E-state index is 11.0. The van der Waals surface area contributed by atoms with E-state index in [9.17, 15) is 4.79 Å². The first-order valence-corrected chi connectivity index (χ1v) is 5.44. The van der Waals surface area contributed by atoms with Crippen molar-refractivity contribution in [3.63, 3.8) is 0 Å². The Bertz CT molecular complexity index is 583. The molecule has 0 radical (unpaired) electrons. The van der Waals surface area contributed by atoms with Crippen LogP contribution in [0.2, 0.25) is 5.02 Å². The van der Waals surface area contributed by atoms with Gasteiger partial charge in [0.05, 0.1) is 0 Å². The molecule has 1 aromatic heterocycles. The molecule has 0 saturated heterocycles. The number of hydrogen-bond acceptors (Lipinski definition) is 4. The summed E-state index contributed by atoms with van der Waals surface area (Å²) in [5, 5.41) is 13.3. The summed E-state index contributed by atoms with van der Waals surface area (Å²) < 4.78 is 6.97. The molecule has 0 spiro atoms. The van der Waals surface area contributed by atoms with Gasteiger partial charge in [-0.1, -0.05) is 11.6 Å². The van der Waals surface area contributed by atoms with E-state index < -0.39 is 5.97 Å². The van der Waals surface area contributed by atoms with Gasteiger partial charge in [0.25, 0.3) is 0 Å². The fourth-order valence-electron chi connectivity index (χ4n) is 1.39. The maximum Gasteiger partial charge on any atom is 0.339 e. The van der Waals surface area contributed by atoms with Crippen molar-refractivity contribution in [1.82, 2.24) is 14.8 Å². The van der Waals surface area contributed by atoms with Gasteiger partial charge < -0.3 is 9.84 Å². The van der Waals surface area contributed by atoms with Gasteiger partial charge in [-0.2, -0.15) is 5.10 Å². The second-order valence-corrected chi connectivity index (χ2v) is 3.97. The number of carbonyl (C=O) groups is 1. The van der Waals surface area contributed by atoms with Crippen LogP contribution >= 0.6 is 11.6 Å². The van der Waals surface area contributed by atoms with Gasteiger partial charge in [-0.3, -0.25) is 4.68 Å². The van der Waals surface area contributed by atoms with Crippen molar-refractivity contribution in [2.45, 2.75) is 6.61 Å². The van der Waals surface area contributed by atoms with E-state index in [-0.39, 0.29) is 17.9 Å². The Morgan fingerprint density at radius 3 is 2.94 bits per heavy atom. The van der Waals surface area contributed by atoms with E-state index in [1.807, 2.05) is 0 Å². The summed E-state index contributed by atoms with van der Waals surface area (Å²) in [6, 6.07) is 4.43. The van der Waals surface area contributed by atoms with E-state index in [0.717, 1.165) is 0 Å². The molecule has 7 heteroatoms. The summed E-state index contributed by atoms with van der Waals surface area (Å²) in [6.07, 6.45) is 1.40. The third kappa shape index (κ3) is 2.60. The van der Waals surface area contributed by atoms with Gasteiger partial charge in [0.1, 0.15) is 24.2 Å². The predicted octanol–water partition coefficient (Wildman–Crippen LogP) is 1.75. The predicted molar refractivity (Wildman–Crippen MR) is 63.7 cm³/mol. The van der Waals surface area contributed by atoms with Crippen LogP contribution in [0.15, 0.2) is 24.5 Å². The second-order valence-electron chi connectivity index (χ2n) is 3.53. The normalized spacial score (nSPS) is 10.3. The van der Waals surface area contributed by atoms with E-state index in [0.29, 0.717) is 10.8 Å². The number of ether oxygens (including phenoxy) is 1. The quantitative estimate of drug-likeness (QED) is 0.913. The lowest BCUT2D eigenvalue weighted by molar-refractivity contribution is 0.0691. The molecule has 0 bridgehead atoms. The lowest BCUT2D eigenvalue weighted by atomic mass is 10.2. The molecule has 0 aliphatic rings. The molecule has 2 aromatic rings. The molecule has 0 saturated carbocycles. The van der Waals surface area contributed by atoms with E-state index >= 15 is 0 Å². The molecule has 6 nitrogen and oxygen atoms in total. The van der Waals surface area contributed by atoms with Gasteiger partial charge >= 0.3 is 5.97 Å². The average Bonchev–Trinajstić information content (AvgIpc) is 2.73. The molecule has 1 heterocycles. The van der Waals surface area contributed by atoms with Crippen molar-refractivity contribution in [1.29, 1.82) is 0 Å². The van der Waals surface area contributed by atoms with Crippen molar-refractivity contribution in [2.24, 2.45) is 7.05 Å². The number of aryl methyl sites for hydroxylation is 1. The Balaban J connectivity index is 2.19. The number of halogens is 1. The lowest BCUT2D eigenvalue weighted by Gasteiger charge is -2.08. The van der Waals surface area contributed by atoms with Crippen LogP contribution in [-0.2, 0) is 13.7 Å². The number of nitrogens with zero attached hydrogens (tertiary/aromatic N) is 3. The molecule has 0 unspecified atom stereocenters. The molecule has 1 aromatic carbocycles. The Kier molecular flexibility index (Phi) is 3.47. The van der Waals surface area contributed by atoms with Gasteiger partial charge in [-0.05, 0) is 18.2 Å². The minimum absolute atomic E-state index is 0.0182. The van der Waals surface area contributed by atoms with Crippen molar-refractivity contribution in [3.8, 4) is 5.75 Å². The molecule has 0 atom stereocenters. The highest BCUT2D eigenvalue weighted by molar-refractivity contribution is 6.31. The van der Waals surface area contributed by atoms with Crippen LogP contribution in [-0.4, -0.2) is 25.8 Å². The molecule has 0 aliphatic heterocycles. The molecular weight excluding hydrogens is 258 g/mol. The fraction of sp³-hybridized carbons (Fsp3) is 0.182. The van der Waals surface area contributed by atoms with Crippen molar-refractivity contribution in [3.05, 3.63) is 40.9 Å². The van der Waals surface area contributed by atoms with Crippen molar-refractivity contribution >= 4 is 17.6 Å². The molecule has 0 amide bonds. The van der Waals surface area contributed by atoms with Crippen LogP contribution in [0.25, 0.3) is 0 Å². The SMILES string of the molecule is Cn1ncnc1COc1ccc(Cl)cc1C(=O)O. The first-order valence-electron chi connectivity index (χ1n) is 5.06. The third-order valence-electron chi connectivity index (χ3n) is 2.33. The lowest BCUT2D eigenvalue weighted by Crippen LogP contribution is -2.07. The minimum Gasteiger partial charge on any atom is -0.485 e. The van der Waals surface area contributed by atoms with Crippen LogP contribution in [0, 0.1) is 0 Å². The molecule has 0 fully saturated rings. The summed E-state index contributed by atoms with van der Waals surface area (Å²) in [5.74, 6) is -0.248. The molecule has 2 rings (SSSR count). The van der Waals surface area contributed by atoms with Crippen LogP contribution < -0.4 is 4.74 Å². The third-order valence-corrected chi connectivity index (χ3v) is 2.57. The Labute approximate surface area is 108 Å². The standard InChI is InChI=1S/C11H10ClN3O3/c1-15-10(13-6-14-15)5-18-9-3-2-7(12)4-8(9)11(16)17/h2-4,6H,5H2,1H3,(H,16,17). The zero-order valence-corrected chi connectivity index (χ0v) is 10.3. The van der Waals surface area contributed by atoms with E-state index in [1.165, 1.54) is 18.5 Å². The van der Waals surface area contributed by atoms with Gasteiger partial charge in [-0.25, -0.2) is 9.78 Å². The maximum absolute atomic E-state index is 11.0. The van der Waals surface area contributed by atoms with Crippen molar-refractivity contribution < 1.29 is 14.6 Å². The summed E-state index contributed by atoms with van der Waals surface area (Å²) >= 11 is 5.74. The number of carboxylic acids is 1.